The van der Waals surface area contributed by atoms with Gasteiger partial charge < -0.3 is 15.2 Å². The van der Waals surface area contributed by atoms with E-state index in [-0.39, 0.29) is 23.3 Å². The molecule has 1 aromatic carbocycles. The molecule has 0 aliphatic rings. The summed E-state index contributed by atoms with van der Waals surface area (Å²) in [7, 11) is 0. The van der Waals surface area contributed by atoms with Gasteiger partial charge in [-0.3, -0.25) is 9.59 Å². The Morgan fingerprint density at radius 2 is 2.00 bits per heavy atom. The second-order valence-electron chi connectivity index (χ2n) is 6.05. The zero-order valence-electron chi connectivity index (χ0n) is 15.3. The monoisotopic (exact) mass is 400 g/mol. The molecular weight excluding hydrogens is 380 g/mol. The molecule has 9 nitrogen and oxygen atoms in total. The largest absolute Gasteiger partial charge is 0.360 e. The smallest absolute Gasteiger partial charge is 0.235 e. The minimum atomic E-state index is -0.230. The minimum absolute atomic E-state index is 0.128. The molecule has 0 fully saturated rings. The Labute approximate surface area is 165 Å². The van der Waals surface area contributed by atoms with Crippen LogP contribution in [0.1, 0.15) is 16.9 Å². The maximum absolute atomic E-state index is 12.0. The summed E-state index contributed by atoms with van der Waals surface area (Å²) < 4.78 is 6.61. The lowest BCUT2D eigenvalue weighted by molar-refractivity contribution is -0.118. The van der Waals surface area contributed by atoms with Gasteiger partial charge in [0, 0.05) is 12.6 Å². The number of nitrogens with zero attached hydrogens (tertiary/aromatic N) is 4. The number of benzene rings is 1. The van der Waals surface area contributed by atoms with Crippen molar-refractivity contribution in [3.05, 3.63) is 59.9 Å². The van der Waals surface area contributed by atoms with E-state index in [1.807, 2.05) is 24.3 Å². The van der Waals surface area contributed by atoms with Gasteiger partial charge >= 0.3 is 0 Å². The molecule has 2 amide bonds. The molecule has 0 unspecified atom stereocenters. The third-order valence-corrected chi connectivity index (χ3v) is 4.59. The molecule has 2 N–H and O–H groups in total. The van der Waals surface area contributed by atoms with Crippen molar-refractivity contribution in [3.63, 3.8) is 0 Å². The number of hydrogen-bond acceptors (Lipinski definition) is 7. The highest BCUT2D eigenvalue weighted by Crippen LogP contribution is 2.09. The quantitative estimate of drug-likeness (QED) is 0.561. The highest BCUT2D eigenvalue weighted by Gasteiger charge is 2.08. The predicted octanol–water partition coefficient (Wildman–Crippen LogP) is 1.61. The summed E-state index contributed by atoms with van der Waals surface area (Å²) in [5.74, 6) is 0.992. The minimum Gasteiger partial charge on any atom is -0.360 e. The number of hydrogen-bond donors (Lipinski definition) is 2. The van der Waals surface area contributed by atoms with Crippen LogP contribution in [0.2, 0.25) is 0 Å². The summed E-state index contributed by atoms with van der Waals surface area (Å²) in [4.78, 5) is 27.7. The summed E-state index contributed by atoms with van der Waals surface area (Å²) in [6, 6.07) is 9.54. The Balaban J connectivity index is 1.36. The fraction of sp³-hybridized carbons (Fsp3) is 0.278. The lowest BCUT2D eigenvalue weighted by Crippen LogP contribution is -2.25. The molecule has 3 rings (SSSR count). The van der Waals surface area contributed by atoms with Crippen molar-refractivity contribution >= 4 is 29.4 Å². The van der Waals surface area contributed by atoms with Crippen molar-refractivity contribution in [1.82, 2.24) is 25.2 Å². The van der Waals surface area contributed by atoms with E-state index in [1.54, 1.807) is 24.0 Å². The van der Waals surface area contributed by atoms with E-state index in [4.69, 9.17) is 4.52 Å². The van der Waals surface area contributed by atoms with Crippen LogP contribution in [0.15, 0.2) is 47.5 Å². The first-order valence-corrected chi connectivity index (χ1v) is 9.72. The molecule has 0 atom stereocenters. The number of aromatic nitrogens is 4. The second kappa shape index (κ2) is 9.70. The van der Waals surface area contributed by atoms with Crippen molar-refractivity contribution in [2.24, 2.45) is 0 Å². The fourth-order valence-electron chi connectivity index (χ4n) is 2.43. The van der Waals surface area contributed by atoms with Crippen LogP contribution in [-0.2, 0) is 22.7 Å². The van der Waals surface area contributed by atoms with Gasteiger partial charge in [-0.1, -0.05) is 29.4 Å². The molecule has 0 bridgehead atoms. The van der Waals surface area contributed by atoms with Crippen molar-refractivity contribution in [3.8, 4) is 0 Å². The first-order valence-electron chi connectivity index (χ1n) is 8.56. The zero-order valence-corrected chi connectivity index (χ0v) is 16.1. The SMILES string of the molecule is Cc1cc(NC(=O)CSCC(=O)NCc2cccc(Cn3cncn3)c2)no1. The number of aryl methyl sites for hydroxylation is 1. The van der Waals surface area contributed by atoms with Crippen LogP contribution in [-0.4, -0.2) is 43.2 Å². The molecule has 2 heterocycles. The Bertz CT molecular complexity index is 925. The van der Waals surface area contributed by atoms with E-state index >= 15 is 0 Å². The molecule has 146 valence electrons. The number of carbonyl (C=O) groups is 2. The number of rotatable bonds is 9. The van der Waals surface area contributed by atoms with Crippen molar-refractivity contribution in [2.45, 2.75) is 20.0 Å². The van der Waals surface area contributed by atoms with Crippen molar-refractivity contribution in [1.29, 1.82) is 0 Å². The van der Waals surface area contributed by atoms with Gasteiger partial charge in [-0.2, -0.15) is 5.10 Å². The first kappa shape index (κ1) is 19.6. The van der Waals surface area contributed by atoms with Gasteiger partial charge in [-0.15, -0.1) is 11.8 Å². The Morgan fingerprint density at radius 3 is 2.75 bits per heavy atom. The maximum atomic E-state index is 12.0. The lowest BCUT2D eigenvalue weighted by atomic mass is 10.1. The van der Waals surface area contributed by atoms with Crippen LogP contribution in [0.4, 0.5) is 5.82 Å². The van der Waals surface area contributed by atoms with E-state index in [0.29, 0.717) is 24.7 Å². The molecule has 0 aliphatic carbocycles. The van der Waals surface area contributed by atoms with E-state index in [2.05, 4.69) is 25.9 Å². The maximum Gasteiger partial charge on any atom is 0.235 e. The summed E-state index contributed by atoms with van der Waals surface area (Å²) in [5.41, 5.74) is 2.07. The first-order chi connectivity index (χ1) is 13.6. The van der Waals surface area contributed by atoms with E-state index in [0.717, 1.165) is 11.1 Å². The van der Waals surface area contributed by atoms with Crippen LogP contribution >= 0.6 is 11.8 Å². The number of carbonyl (C=O) groups excluding carboxylic acids is 2. The molecule has 2 aromatic heterocycles. The Morgan fingerprint density at radius 1 is 1.18 bits per heavy atom. The third kappa shape index (κ3) is 6.23. The normalized spacial score (nSPS) is 10.6. The number of amides is 2. The Kier molecular flexibility index (Phi) is 6.79. The van der Waals surface area contributed by atoms with Gasteiger partial charge in [0.2, 0.25) is 11.8 Å². The van der Waals surface area contributed by atoms with Gasteiger partial charge in [0.15, 0.2) is 5.82 Å². The molecule has 0 aliphatic heterocycles. The molecule has 0 saturated carbocycles. The molecule has 10 heteroatoms. The predicted molar refractivity (Wildman–Crippen MR) is 105 cm³/mol. The van der Waals surface area contributed by atoms with E-state index < -0.39 is 0 Å². The summed E-state index contributed by atoms with van der Waals surface area (Å²) in [5, 5.41) is 13.2. The van der Waals surface area contributed by atoms with Gasteiger partial charge in [-0.05, 0) is 18.1 Å². The van der Waals surface area contributed by atoms with Crippen LogP contribution in [0, 0.1) is 6.92 Å². The van der Waals surface area contributed by atoms with E-state index in [1.165, 1.54) is 18.1 Å². The summed E-state index contributed by atoms with van der Waals surface area (Å²) in [6.07, 6.45) is 3.15. The van der Waals surface area contributed by atoms with E-state index in [9.17, 15) is 9.59 Å². The second-order valence-corrected chi connectivity index (χ2v) is 7.04. The summed E-state index contributed by atoms with van der Waals surface area (Å²) >= 11 is 1.24. The van der Waals surface area contributed by atoms with Crippen molar-refractivity contribution < 1.29 is 14.1 Å². The average Bonchev–Trinajstić information content (AvgIpc) is 3.32. The summed E-state index contributed by atoms with van der Waals surface area (Å²) in [6.45, 7) is 2.79. The van der Waals surface area contributed by atoms with Crippen LogP contribution in [0.3, 0.4) is 0 Å². The zero-order chi connectivity index (χ0) is 19.8. The molecular formula is C18H20N6O3S. The molecule has 0 saturated heterocycles. The van der Waals surface area contributed by atoms with Crippen molar-refractivity contribution in [2.75, 3.05) is 16.8 Å². The highest BCUT2D eigenvalue weighted by atomic mass is 32.2. The number of thioether (sulfide) groups is 1. The van der Waals surface area contributed by atoms with Gasteiger partial charge in [-0.25, -0.2) is 9.67 Å². The van der Waals surface area contributed by atoms with Crippen LogP contribution < -0.4 is 10.6 Å². The van der Waals surface area contributed by atoms with Gasteiger partial charge in [0.1, 0.15) is 18.4 Å². The number of anilines is 1. The van der Waals surface area contributed by atoms with Gasteiger partial charge in [0.25, 0.3) is 0 Å². The lowest BCUT2D eigenvalue weighted by Gasteiger charge is -2.07. The highest BCUT2D eigenvalue weighted by molar-refractivity contribution is 8.00. The molecule has 28 heavy (non-hydrogen) atoms. The van der Waals surface area contributed by atoms with Crippen LogP contribution in [0.25, 0.3) is 0 Å². The topological polar surface area (TPSA) is 115 Å². The standard InChI is InChI=1S/C18H20N6O3S/c1-13-5-16(23-27-13)22-18(26)10-28-9-17(25)20-7-14-3-2-4-15(6-14)8-24-12-19-11-21-24/h2-6,11-12H,7-10H2,1H3,(H,20,25)(H,22,23,26). The Hall–Kier alpha value is -3.14. The third-order valence-electron chi connectivity index (χ3n) is 3.65. The number of nitrogens with one attached hydrogen (secondary N) is 2. The molecule has 0 radical (unpaired) electrons. The van der Waals surface area contributed by atoms with Gasteiger partial charge in [0.05, 0.1) is 18.1 Å². The molecule has 3 aromatic rings. The molecule has 0 spiro atoms. The fourth-order valence-corrected chi connectivity index (χ4v) is 3.08. The van der Waals surface area contributed by atoms with Crippen LogP contribution in [0.5, 0.6) is 0 Å². The average molecular weight is 400 g/mol.